The molecule has 2 N–H and O–H groups in total. The first-order chi connectivity index (χ1) is 9.99. The molecule has 2 rings (SSSR count). The average Bonchev–Trinajstić information content (AvgIpc) is 2.48. The molecule has 21 heavy (non-hydrogen) atoms. The molecule has 1 aromatic carbocycles. The second-order valence-electron chi connectivity index (χ2n) is 5.48. The van der Waals surface area contributed by atoms with Gasteiger partial charge in [-0.2, -0.15) is 0 Å². The van der Waals surface area contributed by atoms with Gasteiger partial charge < -0.3 is 5.32 Å². The summed E-state index contributed by atoms with van der Waals surface area (Å²) in [6.07, 6.45) is 3.13. The molecule has 1 aliphatic heterocycles. The Balaban J connectivity index is 1.94. The second kappa shape index (κ2) is 7.15. The normalized spacial score (nSPS) is 19.4. The van der Waals surface area contributed by atoms with E-state index in [1.54, 1.807) is 12.1 Å². The Morgan fingerprint density at radius 3 is 2.90 bits per heavy atom. The zero-order valence-corrected chi connectivity index (χ0v) is 13.1. The molecular weight excluding hydrogens is 288 g/mol. The Kier molecular flexibility index (Phi) is 5.50. The van der Waals surface area contributed by atoms with Crippen molar-refractivity contribution in [3.8, 4) is 0 Å². The maximum Gasteiger partial charge on any atom is 0.240 e. The summed E-state index contributed by atoms with van der Waals surface area (Å²) in [6.45, 7) is 3.87. The van der Waals surface area contributed by atoms with E-state index >= 15 is 0 Å². The molecule has 0 radical (unpaired) electrons. The molecular formula is C15H22N2O3S. The largest absolute Gasteiger partial charge is 0.316 e. The van der Waals surface area contributed by atoms with Crippen molar-refractivity contribution in [2.45, 2.75) is 31.1 Å². The molecule has 0 amide bonds. The fourth-order valence-corrected chi connectivity index (χ4v) is 3.63. The minimum Gasteiger partial charge on any atom is -0.316 e. The highest BCUT2D eigenvalue weighted by Gasteiger charge is 2.17. The third-order valence-electron chi connectivity index (χ3n) is 3.79. The first kappa shape index (κ1) is 16.1. The predicted molar refractivity (Wildman–Crippen MR) is 81.8 cm³/mol. The van der Waals surface area contributed by atoms with Crippen LogP contribution in [0, 0.1) is 5.92 Å². The van der Waals surface area contributed by atoms with Crippen molar-refractivity contribution >= 4 is 15.8 Å². The molecule has 0 aliphatic carbocycles. The minimum atomic E-state index is -3.54. The molecule has 1 heterocycles. The van der Waals surface area contributed by atoms with Gasteiger partial charge in [0.05, 0.1) is 4.90 Å². The third kappa shape index (κ3) is 4.62. The number of nitrogens with one attached hydrogen (secondary N) is 2. The third-order valence-corrected chi connectivity index (χ3v) is 5.25. The highest BCUT2D eigenvalue weighted by atomic mass is 32.2. The smallest absolute Gasteiger partial charge is 0.240 e. The summed E-state index contributed by atoms with van der Waals surface area (Å²) in [5.41, 5.74) is 0.411. The Hall–Kier alpha value is -1.24. The number of ketones is 1. The predicted octanol–water partition coefficient (Wildman–Crippen LogP) is 1.56. The number of Topliss-reactive ketones (excluding diaryl/α,β-unsaturated/α-hetero) is 1. The van der Waals surface area contributed by atoms with Crippen LogP contribution in [-0.2, 0) is 10.0 Å². The van der Waals surface area contributed by atoms with Gasteiger partial charge in [0.25, 0.3) is 0 Å². The number of hydrogen-bond donors (Lipinski definition) is 2. The number of piperidine rings is 1. The topological polar surface area (TPSA) is 75.3 Å². The van der Waals surface area contributed by atoms with Gasteiger partial charge in [0.1, 0.15) is 0 Å². The molecule has 6 heteroatoms. The molecule has 1 aromatic rings. The molecule has 1 atom stereocenters. The quantitative estimate of drug-likeness (QED) is 0.782. The summed E-state index contributed by atoms with van der Waals surface area (Å²) < 4.78 is 27.0. The van der Waals surface area contributed by atoms with Crippen molar-refractivity contribution < 1.29 is 13.2 Å². The van der Waals surface area contributed by atoms with Crippen LogP contribution in [0.5, 0.6) is 0 Å². The highest BCUT2D eigenvalue weighted by Crippen LogP contribution is 2.15. The van der Waals surface area contributed by atoms with Crippen molar-refractivity contribution in [1.29, 1.82) is 0 Å². The lowest BCUT2D eigenvalue weighted by Crippen LogP contribution is -2.33. The molecule has 1 saturated heterocycles. The van der Waals surface area contributed by atoms with Crippen molar-refractivity contribution in [1.82, 2.24) is 10.0 Å². The fourth-order valence-electron chi connectivity index (χ4n) is 2.53. The minimum absolute atomic E-state index is 0.139. The van der Waals surface area contributed by atoms with Crippen LogP contribution in [0.2, 0.25) is 0 Å². The maximum absolute atomic E-state index is 12.2. The molecule has 0 saturated carbocycles. The van der Waals surface area contributed by atoms with Crippen molar-refractivity contribution in [3.05, 3.63) is 29.8 Å². The van der Waals surface area contributed by atoms with E-state index in [2.05, 4.69) is 10.0 Å². The van der Waals surface area contributed by atoms with E-state index in [-0.39, 0.29) is 10.7 Å². The standard InChI is InChI=1S/C15H22N2O3S/c1-12(18)14-5-2-6-15(10-14)21(19,20)17-9-7-13-4-3-8-16-11-13/h2,5-6,10,13,16-17H,3-4,7-9,11H2,1H3. The number of carbonyl (C=O) groups excluding carboxylic acids is 1. The molecule has 0 spiro atoms. The van der Waals surface area contributed by atoms with Crippen LogP contribution < -0.4 is 10.0 Å². The van der Waals surface area contributed by atoms with E-state index in [1.807, 2.05) is 0 Å². The van der Waals surface area contributed by atoms with Gasteiger partial charge in [-0.05, 0) is 57.3 Å². The molecule has 1 fully saturated rings. The zero-order valence-electron chi connectivity index (χ0n) is 12.3. The number of hydrogen-bond acceptors (Lipinski definition) is 4. The summed E-state index contributed by atoms with van der Waals surface area (Å²) in [5, 5.41) is 3.32. The maximum atomic E-state index is 12.2. The number of sulfonamides is 1. The average molecular weight is 310 g/mol. The van der Waals surface area contributed by atoms with Crippen molar-refractivity contribution in [2.24, 2.45) is 5.92 Å². The van der Waals surface area contributed by atoms with E-state index in [9.17, 15) is 13.2 Å². The molecule has 1 unspecified atom stereocenters. The second-order valence-corrected chi connectivity index (χ2v) is 7.25. The first-order valence-corrected chi connectivity index (χ1v) is 8.79. The monoisotopic (exact) mass is 310 g/mol. The number of carbonyl (C=O) groups is 1. The Morgan fingerprint density at radius 1 is 1.43 bits per heavy atom. The van der Waals surface area contributed by atoms with Crippen LogP contribution in [0.25, 0.3) is 0 Å². The summed E-state index contributed by atoms with van der Waals surface area (Å²) in [6, 6.07) is 6.15. The van der Waals surface area contributed by atoms with E-state index in [1.165, 1.54) is 19.1 Å². The summed E-state index contributed by atoms with van der Waals surface area (Å²) in [7, 11) is -3.54. The molecule has 5 nitrogen and oxygen atoms in total. The van der Waals surface area contributed by atoms with E-state index in [4.69, 9.17) is 0 Å². The summed E-state index contributed by atoms with van der Waals surface area (Å²) >= 11 is 0. The Morgan fingerprint density at radius 2 is 2.24 bits per heavy atom. The molecule has 0 aromatic heterocycles. The van der Waals surface area contributed by atoms with Gasteiger partial charge in [-0.15, -0.1) is 0 Å². The van der Waals surface area contributed by atoms with Crippen LogP contribution in [0.3, 0.4) is 0 Å². The first-order valence-electron chi connectivity index (χ1n) is 7.30. The van der Waals surface area contributed by atoms with Gasteiger partial charge >= 0.3 is 0 Å². The summed E-state index contributed by atoms with van der Waals surface area (Å²) in [4.78, 5) is 11.5. The lowest BCUT2D eigenvalue weighted by Gasteiger charge is -2.22. The Labute approximate surface area is 126 Å². The molecule has 1 aliphatic rings. The van der Waals surface area contributed by atoms with E-state index in [0.717, 1.165) is 32.4 Å². The van der Waals surface area contributed by atoms with Gasteiger partial charge in [0.15, 0.2) is 5.78 Å². The van der Waals surface area contributed by atoms with E-state index in [0.29, 0.717) is 18.0 Å². The van der Waals surface area contributed by atoms with Crippen LogP contribution in [0.1, 0.15) is 36.5 Å². The van der Waals surface area contributed by atoms with Crippen molar-refractivity contribution in [2.75, 3.05) is 19.6 Å². The Bertz CT molecular complexity index is 593. The van der Waals surface area contributed by atoms with Gasteiger partial charge in [0.2, 0.25) is 10.0 Å². The highest BCUT2D eigenvalue weighted by molar-refractivity contribution is 7.89. The molecule has 0 bridgehead atoms. The van der Waals surface area contributed by atoms with Gasteiger partial charge in [-0.3, -0.25) is 4.79 Å². The molecule has 116 valence electrons. The number of rotatable bonds is 6. The fraction of sp³-hybridized carbons (Fsp3) is 0.533. The SMILES string of the molecule is CC(=O)c1cccc(S(=O)(=O)NCCC2CCCNC2)c1. The van der Waals surface area contributed by atoms with Gasteiger partial charge in [-0.1, -0.05) is 12.1 Å². The van der Waals surface area contributed by atoms with Crippen LogP contribution in [0.15, 0.2) is 29.2 Å². The van der Waals surface area contributed by atoms with Crippen molar-refractivity contribution in [3.63, 3.8) is 0 Å². The summed E-state index contributed by atoms with van der Waals surface area (Å²) in [5.74, 6) is 0.394. The lowest BCUT2D eigenvalue weighted by molar-refractivity contribution is 0.101. The van der Waals surface area contributed by atoms with Crippen LogP contribution in [-0.4, -0.2) is 33.8 Å². The van der Waals surface area contributed by atoms with Gasteiger partial charge in [0, 0.05) is 12.1 Å². The van der Waals surface area contributed by atoms with Crippen LogP contribution >= 0.6 is 0 Å². The van der Waals surface area contributed by atoms with Gasteiger partial charge in [-0.25, -0.2) is 13.1 Å². The van der Waals surface area contributed by atoms with Crippen LogP contribution in [0.4, 0.5) is 0 Å². The van der Waals surface area contributed by atoms with E-state index < -0.39 is 10.0 Å². The zero-order chi connectivity index (χ0) is 15.3. The lowest BCUT2D eigenvalue weighted by atomic mass is 9.96. The number of benzene rings is 1.